The Morgan fingerprint density at radius 3 is 2.68 bits per heavy atom. The minimum atomic E-state index is 0.160. The second-order valence-electron chi connectivity index (χ2n) is 3.70. The molecule has 0 spiro atoms. The number of rotatable bonds is 4. The second-order valence-corrected chi connectivity index (χ2v) is 4.56. The fraction of sp³-hybridized carbons (Fsp3) is 0.0714. The molecule has 0 aliphatic heterocycles. The lowest BCUT2D eigenvalue weighted by Crippen LogP contribution is -1.98. The molecule has 0 radical (unpaired) electrons. The number of halogens is 1. The molecule has 0 aliphatic carbocycles. The van der Waals surface area contributed by atoms with Crippen LogP contribution in [0.1, 0.15) is 5.56 Å². The highest BCUT2D eigenvalue weighted by Crippen LogP contribution is 2.30. The monoisotopic (exact) mass is 319 g/mol. The molecule has 0 aromatic heterocycles. The summed E-state index contributed by atoms with van der Waals surface area (Å²) in [5.41, 5.74) is 0.768. The average Bonchev–Trinajstić information content (AvgIpc) is 2.40. The van der Waals surface area contributed by atoms with Crippen LogP contribution >= 0.6 is 15.9 Å². The first-order chi connectivity index (χ1) is 9.20. The van der Waals surface area contributed by atoms with E-state index in [9.17, 15) is 5.11 Å². The van der Waals surface area contributed by atoms with E-state index in [1.165, 1.54) is 6.07 Å². The maximum Gasteiger partial charge on any atom is 0.292 e. The number of nitrogens with zero attached hydrogens (tertiary/aromatic N) is 1. The maximum atomic E-state index is 9.30. The van der Waals surface area contributed by atoms with Crippen molar-refractivity contribution in [3.8, 4) is 23.5 Å². The van der Waals surface area contributed by atoms with E-state index in [-0.39, 0.29) is 12.4 Å². The van der Waals surface area contributed by atoms with Gasteiger partial charge in [0.05, 0.1) is 4.47 Å². The van der Waals surface area contributed by atoms with Gasteiger partial charge in [-0.3, -0.25) is 0 Å². The number of ether oxygens (including phenoxy) is 2. The molecule has 0 aliphatic rings. The number of hydrogen-bond acceptors (Lipinski definition) is 4. The number of hydrogen-bond donors (Lipinski definition) is 1. The van der Waals surface area contributed by atoms with Crippen molar-refractivity contribution in [2.75, 3.05) is 0 Å². The van der Waals surface area contributed by atoms with Crippen molar-refractivity contribution < 1.29 is 14.6 Å². The number of aromatic hydroxyl groups is 1. The molecule has 2 rings (SSSR count). The molecular weight excluding hydrogens is 310 g/mol. The number of nitriles is 1. The van der Waals surface area contributed by atoms with Crippen LogP contribution in [0, 0.1) is 11.5 Å². The van der Waals surface area contributed by atoms with E-state index in [1.807, 2.05) is 12.1 Å². The van der Waals surface area contributed by atoms with Crippen molar-refractivity contribution in [1.82, 2.24) is 0 Å². The third-order valence-electron chi connectivity index (χ3n) is 2.43. The molecular formula is C14H10BrNO3. The summed E-state index contributed by atoms with van der Waals surface area (Å²) in [5, 5.41) is 17.9. The normalized spacial score (nSPS) is 9.68. The van der Waals surface area contributed by atoms with Crippen LogP contribution in [-0.2, 0) is 6.61 Å². The van der Waals surface area contributed by atoms with Crippen molar-refractivity contribution in [2.45, 2.75) is 6.61 Å². The second kappa shape index (κ2) is 6.12. The van der Waals surface area contributed by atoms with Gasteiger partial charge in [-0.15, -0.1) is 5.26 Å². The molecule has 0 saturated heterocycles. The van der Waals surface area contributed by atoms with E-state index >= 15 is 0 Å². The van der Waals surface area contributed by atoms with E-state index in [0.29, 0.717) is 16.0 Å². The molecule has 1 N–H and O–H groups in total. The zero-order chi connectivity index (χ0) is 13.7. The molecule has 0 bridgehead atoms. The summed E-state index contributed by atoms with van der Waals surface area (Å²) < 4.78 is 11.1. The molecule has 96 valence electrons. The maximum absolute atomic E-state index is 9.30. The Morgan fingerprint density at radius 1 is 1.16 bits per heavy atom. The molecule has 0 atom stereocenters. The number of phenolic OH excluding ortho intramolecular Hbond substituents is 1. The smallest absolute Gasteiger partial charge is 0.292 e. The molecule has 0 fully saturated rings. The highest BCUT2D eigenvalue weighted by atomic mass is 79.9. The Bertz CT molecular complexity index is 622. The van der Waals surface area contributed by atoms with Crippen molar-refractivity contribution in [1.29, 1.82) is 5.26 Å². The van der Waals surface area contributed by atoms with Crippen LogP contribution in [0.3, 0.4) is 0 Å². The van der Waals surface area contributed by atoms with Crippen LogP contribution in [0.2, 0.25) is 0 Å². The van der Waals surface area contributed by atoms with E-state index < -0.39 is 0 Å². The molecule has 0 saturated carbocycles. The van der Waals surface area contributed by atoms with Crippen molar-refractivity contribution in [3.63, 3.8) is 0 Å². The SMILES string of the molecule is N#COc1ccccc1COc1ccc(O)cc1Br. The molecule has 2 aromatic rings. The molecule has 19 heavy (non-hydrogen) atoms. The zero-order valence-electron chi connectivity index (χ0n) is 9.84. The summed E-state index contributed by atoms with van der Waals surface area (Å²) >= 11 is 3.30. The average molecular weight is 320 g/mol. The van der Waals surface area contributed by atoms with E-state index in [1.54, 1.807) is 30.5 Å². The standard InChI is InChI=1S/C14H10BrNO3/c15-12-7-11(17)5-6-14(12)18-8-10-3-1-2-4-13(10)19-9-16/h1-7,17H,8H2. The van der Waals surface area contributed by atoms with Gasteiger partial charge >= 0.3 is 0 Å². The highest BCUT2D eigenvalue weighted by molar-refractivity contribution is 9.10. The lowest BCUT2D eigenvalue weighted by atomic mass is 10.2. The predicted molar refractivity (Wildman–Crippen MR) is 72.8 cm³/mol. The van der Waals surface area contributed by atoms with Gasteiger partial charge in [-0.05, 0) is 40.2 Å². The van der Waals surface area contributed by atoms with Crippen molar-refractivity contribution >= 4 is 15.9 Å². The number of phenols is 1. The Hall–Kier alpha value is -2.19. The van der Waals surface area contributed by atoms with Gasteiger partial charge in [-0.1, -0.05) is 18.2 Å². The van der Waals surface area contributed by atoms with Crippen LogP contribution in [0.25, 0.3) is 0 Å². The summed E-state index contributed by atoms with van der Waals surface area (Å²) in [5.74, 6) is 1.23. The Kier molecular flexibility index (Phi) is 4.26. The molecule has 0 amide bonds. The van der Waals surface area contributed by atoms with Gasteiger partial charge in [0.15, 0.2) is 0 Å². The van der Waals surface area contributed by atoms with E-state index in [0.717, 1.165) is 5.56 Å². The minimum absolute atomic E-state index is 0.160. The zero-order valence-corrected chi connectivity index (χ0v) is 11.4. The summed E-state index contributed by atoms with van der Waals surface area (Å²) in [6, 6.07) is 11.9. The third-order valence-corrected chi connectivity index (χ3v) is 3.05. The third kappa shape index (κ3) is 3.39. The fourth-order valence-electron chi connectivity index (χ4n) is 1.53. The molecule has 0 unspecified atom stereocenters. The molecule has 5 heteroatoms. The van der Waals surface area contributed by atoms with Crippen LogP contribution in [0.4, 0.5) is 0 Å². The number of benzene rings is 2. The molecule has 0 heterocycles. The van der Waals surface area contributed by atoms with Crippen LogP contribution in [0.5, 0.6) is 17.2 Å². The van der Waals surface area contributed by atoms with E-state index in [4.69, 9.17) is 14.7 Å². The summed E-state index contributed by atoms with van der Waals surface area (Å²) in [7, 11) is 0. The summed E-state index contributed by atoms with van der Waals surface area (Å²) in [6.45, 7) is 0.265. The quantitative estimate of drug-likeness (QED) is 0.875. The van der Waals surface area contributed by atoms with Gasteiger partial charge in [-0.2, -0.15) is 0 Å². The van der Waals surface area contributed by atoms with Gasteiger partial charge < -0.3 is 14.6 Å². The lowest BCUT2D eigenvalue weighted by molar-refractivity contribution is 0.298. The first-order valence-electron chi connectivity index (χ1n) is 5.46. The Labute approximate surface area is 118 Å². The van der Waals surface area contributed by atoms with E-state index in [2.05, 4.69) is 15.9 Å². The first kappa shape index (κ1) is 13.2. The molecule has 4 nitrogen and oxygen atoms in total. The van der Waals surface area contributed by atoms with Gasteiger partial charge in [0, 0.05) is 5.56 Å². The van der Waals surface area contributed by atoms with Gasteiger partial charge in [0.2, 0.25) is 0 Å². The highest BCUT2D eigenvalue weighted by Gasteiger charge is 2.06. The van der Waals surface area contributed by atoms with Crippen LogP contribution in [0.15, 0.2) is 46.9 Å². The summed E-state index contributed by atoms with van der Waals surface area (Å²) in [6.07, 6.45) is 1.64. The first-order valence-corrected chi connectivity index (χ1v) is 6.25. The predicted octanol–water partition coefficient (Wildman–Crippen LogP) is 3.59. The molecule has 2 aromatic carbocycles. The van der Waals surface area contributed by atoms with Gasteiger partial charge in [0.1, 0.15) is 23.9 Å². The van der Waals surface area contributed by atoms with Gasteiger partial charge in [-0.25, -0.2) is 0 Å². The Balaban J connectivity index is 2.12. The van der Waals surface area contributed by atoms with Crippen molar-refractivity contribution in [2.24, 2.45) is 0 Å². The Morgan fingerprint density at radius 2 is 1.95 bits per heavy atom. The topological polar surface area (TPSA) is 62.5 Å². The minimum Gasteiger partial charge on any atom is -0.508 e. The van der Waals surface area contributed by atoms with Gasteiger partial charge in [0.25, 0.3) is 6.26 Å². The summed E-state index contributed by atoms with van der Waals surface area (Å²) in [4.78, 5) is 0. The van der Waals surface area contributed by atoms with Crippen LogP contribution < -0.4 is 9.47 Å². The number of para-hydroxylation sites is 1. The lowest BCUT2D eigenvalue weighted by Gasteiger charge is -2.10. The largest absolute Gasteiger partial charge is 0.508 e. The van der Waals surface area contributed by atoms with Crippen molar-refractivity contribution in [3.05, 3.63) is 52.5 Å². The van der Waals surface area contributed by atoms with Crippen LogP contribution in [-0.4, -0.2) is 5.11 Å². The fourth-order valence-corrected chi connectivity index (χ4v) is 2.02.